The van der Waals surface area contributed by atoms with Crippen LogP contribution in [0.5, 0.6) is 0 Å². The Bertz CT molecular complexity index is 219. The van der Waals surface area contributed by atoms with E-state index in [1.165, 1.54) is 0 Å². The van der Waals surface area contributed by atoms with E-state index >= 15 is 0 Å². The molecule has 0 atom stereocenters. The molecule has 0 radical (unpaired) electrons. The number of carbonyl (C=O) groups is 3. The third-order valence-electron chi connectivity index (χ3n) is 1.08. The van der Waals surface area contributed by atoms with Gasteiger partial charge in [0.2, 0.25) is 11.8 Å². The Hall–Kier alpha value is -0.430. The minimum absolute atomic E-state index is 0.303. The highest BCUT2D eigenvalue weighted by Crippen LogP contribution is 2.18. The first-order chi connectivity index (χ1) is 5.04. The summed E-state index contributed by atoms with van der Waals surface area (Å²) in [7, 11) is 0. The molecule has 0 aromatic rings. The van der Waals surface area contributed by atoms with E-state index in [0.717, 1.165) is 0 Å². The van der Waals surface area contributed by atoms with Crippen molar-refractivity contribution < 1.29 is 14.4 Å². The van der Waals surface area contributed by atoms with Crippen molar-refractivity contribution in [2.24, 2.45) is 0 Å². The van der Waals surface area contributed by atoms with Gasteiger partial charge in [-0.2, -0.15) is 7.85 Å². The van der Waals surface area contributed by atoms with Gasteiger partial charge in [0.05, 0.1) is 32.3 Å². The molecular formula is C4H2Br2N2O3. The predicted octanol–water partition coefficient (Wildman–Crippen LogP) is 0.787. The van der Waals surface area contributed by atoms with Crippen LogP contribution in [0.15, 0.2) is 0 Å². The van der Waals surface area contributed by atoms with Gasteiger partial charge in [-0.15, -0.1) is 0 Å². The van der Waals surface area contributed by atoms with Crippen LogP contribution >= 0.6 is 32.3 Å². The third kappa shape index (κ3) is 1.43. The predicted molar refractivity (Wildman–Crippen MR) is 41.6 cm³/mol. The summed E-state index contributed by atoms with van der Waals surface area (Å²) >= 11 is 5.39. The number of hydrogen-bond donors (Lipinski definition) is 0. The summed E-state index contributed by atoms with van der Waals surface area (Å²) in [4.78, 5) is 32.4. The lowest BCUT2D eigenvalue weighted by Gasteiger charge is -2.22. The molecule has 0 aromatic carbocycles. The standard InChI is InChI=1S/C4H2Br2N2O3/c5-7-2(9)1-3(10)8(6)4(7)11/h1H2. The Morgan fingerprint density at radius 1 is 1.00 bits per heavy atom. The molecule has 1 saturated heterocycles. The van der Waals surface area contributed by atoms with Crippen LogP contribution in [0.1, 0.15) is 6.42 Å². The third-order valence-corrected chi connectivity index (χ3v) is 2.47. The van der Waals surface area contributed by atoms with Crippen molar-refractivity contribution in [3.8, 4) is 0 Å². The number of urea groups is 1. The van der Waals surface area contributed by atoms with Gasteiger partial charge in [-0.25, -0.2) is 4.79 Å². The first kappa shape index (κ1) is 8.66. The molecule has 1 aliphatic heterocycles. The number of imide groups is 2. The summed E-state index contributed by atoms with van der Waals surface area (Å²) in [6, 6.07) is -0.730. The highest BCUT2D eigenvalue weighted by Gasteiger charge is 2.35. The molecule has 1 heterocycles. The van der Waals surface area contributed by atoms with Gasteiger partial charge in [-0.1, -0.05) is 0 Å². The van der Waals surface area contributed by atoms with E-state index in [0.29, 0.717) is 7.85 Å². The van der Waals surface area contributed by atoms with Crippen LogP contribution in [0.4, 0.5) is 4.79 Å². The monoisotopic (exact) mass is 284 g/mol. The van der Waals surface area contributed by atoms with E-state index in [4.69, 9.17) is 0 Å². The Labute approximate surface area is 79.0 Å². The fourth-order valence-electron chi connectivity index (χ4n) is 0.559. The van der Waals surface area contributed by atoms with Gasteiger partial charge in [0.15, 0.2) is 0 Å². The zero-order valence-corrected chi connectivity index (χ0v) is 8.25. The van der Waals surface area contributed by atoms with Gasteiger partial charge in [-0.05, 0) is 0 Å². The molecule has 60 valence electrons. The van der Waals surface area contributed by atoms with E-state index in [9.17, 15) is 14.4 Å². The van der Waals surface area contributed by atoms with Crippen molar-refractivity contribution in [3.63, 3.8) is 0 Å². The van der Waals surface area contributed by atoms with Gasteiger partial charge in [0.25, 0.3) is 0 Å². The molecule has 0 aromatic heterocycles. The summed E-state index contributed by atoms with van der Waals surface area (Å²) < 4.78 is 1.40. The molecule has 0 unspecified atom stereocenters. The minimum Gasteiger partial charge on any atom is -0.273 e. The summed E-state index contributed by atoms with van der Waals surface area (Å²) in [5.74, 6) is -1.12. The maximum Gasteiger partial charge on any atom is 0.354 e. The zero-order valence-electron chi connectivity index (χ0n) is 5.08. The van der Waals surface area contributed by atoms with Crippen LogP contribution in [-0.4, -0.2) is 25.7 Å². The number of amides is 4. The van der Waals surface area contributed by atoms with Gasteiger partial charge >= 0.3 is 6.03 Å². The Morgan fingerprint density at radius 3 is 1.73 bits per heavy atom. The van der Waals surface area contributed by atoms with Crippen LogP contribution in [0.25, 0.3) is 0 Å². The first-order valence-electron chi connectivity index (χ1n) is 2.55. The van der Waals surface area contributed by atoms with Crippen LogP contribution in [0, 0.1) is 0 Å². The maximum atomic E-state index is 10.9. The second-order valence-corrected chi connectivity index (χ2v) is 3.23. The lowest BCUT2D eigenvalue weighted by molar-refractivity contribution is -0.135. The molecule has 7 heteroatoms. The largest absolute Gasteiger partial charge is 0.354 e. The average Bonchev–Trinajstić information content (AvgIpc) is 1.97. The molecule has 0 aliphatic carbocycles. The van der Waals surface area contributed by atoms with Crippen molar-refractivity contribution in [2.75, 3.05) is 0 Å². The molecule has 4 amide bonds. The molecule has 5 nitrogen and oxygen atoms in total. The highest BCUT2D eigenvalue weighted by atomic mass is 79.9. The van der Waals surface area contributed by atoms with Gasteiger partial charge < -0.3 is 0 Å². The average molecular weight is 286 g/mol. The highest BCUT2D eigenvalue weighted by molar-refractivity contribution is 9.08. The number of nitrogens with zero attached hydrogens (tertiary/aromatic N) is 2. The lowest BCUT2D eigenvalue weighted by atomic mass is 10.3. The van der Waals surface area contributed by atoms with Gasteiger partial charge in [0, 0.05) is 0 Å². The van der Waals surface area contributed by atoms with Crippen LogP contribution in [0.3, 0.4) is 0 Å². The van der Waals surface area contributed by atoms with Crippen molar-refractivity contribution in [1.82, 2.24) is 7.85 Å². The molecule has 1 rings (SSSR count). The maximum absolute atomic E-state index is 10.9. The number of barbiturate groups is 1. The Balaban J connectivity index is 2.87. The molecule has 0 bridgehead atoms. The quantitative estimate of drug-likeness (QED) is 0.488. The number of hydrogen-bond acceptors (Lipinski definition) is 3. The van der Waals surface area contributed by atoms with Gasteiger partial charge in [0.1, 0.15) is 6.42 Å². The smallest absolute Gasteiger partial charge is 0.273 e. The van der Waals surface area contributed by atoms with Crippen LogP contribution in [-0.2, 0) is 9.59 Å². The summed E-state index contributed by atoms with van der Waals surface area (Å²) in [5.41, 5.74) is 0. The first-order valence-corrected chi connectivity index (χ1v) is 3.97. The molecule has 11 heavy (non-hydrogen) atoms. The second kappa shape index (κ2) is 2.90. The molecule has 0 N–H and O–H groups in total. The van der Waals surface area contributed by atoms with E-state index in [2.05, 4.69) is 32.3 Å². The van der Waals surface area contributed by atoms with E-state index < -0.39 is 17.8 Å². The van der Waals surface area contributed by atoms with E-state index in [1.54, 1.807) is 0 Å². The molecule has 0 spiro atoms. The number of carbonyl (C=O) groups excluding carboxylic acids is 3. The van der Waals surface area contributed by atoms with E-state index in [1.807, 2.05) is 0 Å². The zero-order chi connectivity index (χ0) is 8.59. The van der Waals surface area contributed by atoms with E-state index in [-0.39, 0.29) is 6.42 Å². The summed E-state index contributed by atoms with van der Waals surface area (Å²) in [6.45, 7) is 0. The SMILES string of the molecule is O=C1CC(=O)N(Br)C(=O)N1Br. The van der Waals surface area contributed by atoms with Crippen LogP contribution < -0.4 is 0 Å². The molecule has 1 fully saturated rings. The summed E-state index contributed by atoms with van der Waals surface area (Å²) in [5, 5.41) is 0. The fraction of sp³-hybridized carbons (Fsp3) is 0.250. The van der Waals surface area contributed by atoms with Crippen LogP contribution in [0.2, 0.25) is 0 Å². The molecular weight excluding hydrogens is 284 g/mol. The number of rotatable bonds is 0. The minimum atomic E-state index is -0.730. The molecule has 1 aliphatic rings. The van der Waals surface area contributed by atoms with Crippen molar-refractivity contribution in [2.45, 2.75) is 6.42 Å². The number of halogens is 2. The van der Waals surface area contributed by atoms with Crippen molar-refractivity contribution in [3.05, 3.63) is 0 Å². The second-order valence-electron chi connectivity index (χ2n) is 1.81. The normalized spacial score (nSPS) is 19.6. The van der Waals surface area contributed by atoms with Gasteiger partial charge in [-0.3, -0.25) is 9.59 Å². The Kier molecular flexibility index (Phi) is 2.28. The topological polar surface area (TPSA) is 57.7 Å². The van der Waals surface area contributed by atoms with Crippen molar-refractivity contribution in [1.29, 1.82) is 0 Å². The Morgan fingerprint density at radius 2 is 1.36 bits per heavy atom. The fourth-order valence-corrected chi connectivity index (χ4v) is 1.34. The summed E-state index contributed by atoms with van der Waals surface area (Å²) in [6.07, 6.45) is -0.303. The molecule has 0 saturated carbocycles. The van der Waals surface area contributed by atoms with Crippen molar-refractivity contribution >= 4 is 50.1 Å². The lowest BCUT2D eigenvalue weighted by Crippen LogP contribution is -2.46.